The van der Waals surface area contributed by atoms with E-state index in [1.165, 1.54) is 24.8 Å². The molecule has 0 aliphatic carbocycles. The number of allylic oxidation sites excluding steroid dienone is 1. The maximum atomic E-state index is 5.48. The van der Waals surface area contributed by atoms with Crippen LogP contribution in [0.3, 0.4) is 0 Å². The summed E-state index contributed by atoms with van der Waals surface area (Å²) in [6.45, 7) is 8.38. The van der Waals surface area contributed by atoms with Gasteiger partial charge in [0.25, 0.3) is 0 Å². The molecule has 0 aromatic heterocycles. The van der Waals surface area contributed by atoms with Crippen molar-refractivity contribution in [3.05, 3.63) is 11.6 Å². The minimum absolute atomic E-state index is 0.0854. The Hall–Kier alpha value is -0.340. The van der Waals surface area contributed by atoms with Crippen LogP contribution in [-0.2, 0) is 9.47 Å². The molecule has 0 amide bonds. The molecule has 0 saturated carbocycles. The Kier molecular flexibility index (Phi) is 5.96. The van der Waals surface area contributed by atoms with Crippen molar-refractivity contribution in [1.29, 1.82) is 0 Å². The van der Waals surface area contributed by atoms with Crippen molar-refractivity contribution >= 4 is 0 Å². The summed E-state index contributed by atoms with van der Waals surface area (Å²) in [4.78, 5) is 0. The topological polar surface area (TPSA) is 18.5 Å². The standard InChI is InChI=1S/C13H24O2/c1-11(2)6-4-7-12(3)10-13-14-8-5-9-15-13/h10-11,13H,4-9H2,1-3H3/b12-10+. The van der Waals surface area contributed by atoms with Gasteiger partial charge in [-0.2, -0.15) is 0 Å². The molecule has 88 valence electrons. The van der Waals surface area contributed by atoms with Crippen LogP contribution in [0.4, 0.5) is 0 Å². The predicted octanol–water partition coefficient (Wildman–Crippen LogP) is 3.52. The van der Waals surface area contributed by atoms with Crippen LogP contribution in [0.2, 0.25) is 0 Å². The highest BCUT2D eigenvalue weighted by atomic mass is 16.7. The third-order valence-corrected chi connectivity index (χ3v) is 2.63. The summed E-state index contributed by atoms with van der Waals surface area (Å²) >= 11 is 0. The first-order valence-corrected chi connectivity index (χ1v) is 6.09. The fourth-order valence-electron chi connectivity index (χ4n) is 1.71. The van der Waals surface area contributed by atoms with Crippen LogP contribution in [-0.4, -0.2) is 19.5 Å². The Morgan fingerprint density at radius 1 is 1.33 bits per heavy atom. The maximum absolute atomic E-state index is 5.48. The van der Waals surface area contributed by atoms with Crippen LogP contribution < -0.4 is 0 Å². The molecule has 0 aromatic rings. The normalized spacial score (nSPS) is 19.9. The number of hydrogen-bond donors (Lipinski definition) is 0. The van der Waals surface area contributed by atoms with E-state index in [4.69, 9.17) is 9.47 Å². The monoisotopic (exact) mass is 212 g/mol. The predicted molar refractivity (Wildman–Crippen MR) is 62.8 cm³/mol. The summed E-state index contributed by atoms with van der Waals surface area (Å²) in [6, 6.07) is 0. The zero-order valence-electron chi connectivity index (χ0n) is 10.3. The molecule has 0 atom stereocenters. The van der Waals surface area contributed by atoms with Gasteiger partial charge >= 0.3 is 0 Å². The highest BCUT2D eigenvalue weighted by Gasteiger charge is 2.11. The van der Waals surface area contributed by atoms with Crippen molar-refractivity contribution in [3.63, 3.8) is 0 Å². The fraction of sp³-hybridized carbons (Fsp3) is 0.846. The molecule has 0 unspecified atom stereocenters. The first kappa shape index (κ1) is 12.7. The quantitative estimate of drug-likeness (QED) is 0.649. The zero-order chi connectivity index (χ0) is 11.1. The van der Waals surface area contributed by atoms with Crippen LogP contribution in [0.15, 0.2) is 11.6 Å². The molecule has 0 spiro atoms. The van der Waals surface area contributed by atoms with E-state index < -0.39 is 0 Å². The summed E-state index contributed by atoms with van der Waals surface area (Å²) in [5.41, 5.74) is 1.39. The summed E-state index contributed by atoms with van der Waals surface area (Å²) in [6.07, 6.45) is 6.81. The van der Waals surface area contributed by atoms with E-state index in [-0.39, 0.29) is 6.29 Å². The van der Waals surface area contributed by atoms with Gasteiger partial charge < -0.3 is 9.47 Å². The molecule has 2 heteroatoms. The maximum Gasteiger partial charge on any atom is 0.177 e. The van der Waals surface area contributed by atoms with Gasteiger partial charge in [0.2, 0.25) is 0 Å². The van der Waals surface area contributed by atoms with Gasteiger partial charge in [-0.3, -0.25) is 0 Å². The molecule has 0 aromatic carbocycles. The van der Waals surface area contributed by atoms with Crippen molar-refractivity contribution in [2.75, 3.05) is 13.2 Å². The Morgan fingerprint density at radius 3 is 2.60 bits per heavy atom. The van der Waals surface area contributed by atoms with E-state index in [9.17, 15) is 0 Å². The SMILES string of the molecule is C/C(=C\C1OCCCO1)CCCC(C)C. The molecule has 1 aliphatic rings. The molecule has 1 aliphatic heterocycles. The van der Waals surface area contributed by atoms with Gasteiger partial charge in [0.1, 0.15) is 0 Å². The van der Waals surface area contributed by atoms with Crippen LogP contribution >= 0.6 is 0 Å². The second-order valence-electron chi connectivity index (χ2n) is 4.76. The van der Waals surface area contributed by atoms with Crippen molar-refractivity contribution in [1.82, 2.24) is 0 Å². The minimum Gasteiger partial charge on any atom is -0.349 e. The van der Waals surface area contributed by atoms with Gasteiger partial charge in [0, 0.05) is 0 Å². The lowest BCUT2D eigenvalue weighted by molar-refractivity contribution is -0.150. The summed E-state index contributed by atoms with van der Waals surface area (Å²) in [5.74, 6) is 0.806. The molecule has 1 rings (SSSR count). The van der Waals surface area contributed by atoms with Crippen molar-refractivity contribution in [2.24, 2.45) is 5.92 Å². The van der Waals surface area contributed by atoms with E-state index in [1.54, 1.807) is 0 Å². The van der Waals surface area contributed by atoms with Gasteiger partial charge in [0.15, 0.2) is 6.29 Å². The summed E-state index contributed by atoms with van der Waals surface area (Å²) in [7, 11) is 0. The van der Waals surface area contributed by atoms with Gasteiger partial charge in [-0.05, 0) is 38.2 Å². The van der Waals surface area contributed by atoms with Gasteiger partial charge in [-0.15, -0.1) is 0 Å². The first-order chi connectivity index (χ1) is 7.18. The molecule has 1 heterocycles. The van der Waals surface area contributed by atoms with Gasteiger partial charge in [0.05, 0.1) is 13.2 Å². The smallest absolute Gasteiger partial charge is 0.177 e. The fourth-order valence-corrected chi connectivity index (χ4v) is 1.71. The van der Waals surface area contributed by atoms with Crippen LogP contribution in [0.25, 0.3) is 0 Å². The average molecular weight is 212 g/mol. The Labute approximate surface area is 93.7 Å². The zero-order valence-corrected chi connectivity index (χ0v) is 10.3. The third-order valence-electron chi connectivity index (χ3n) is 2.63. The van der Waals surface area contributed by atoms with E-state index in [1.807, 2.05) is 0 Å². The van der Waals surface area contributed by atoms with E-state index in [0.29, 0.717) is 0 Å². The number of rotatable bonds is 5. The number of hydrogen-bond acceptors (Lipinski definition) is 2. The van der Waals surface area contributed by atoms with E-state index in [2.05, 4.69) is 26.8 Å². The van der Waals surface area contributed by atoms with Crippen LogP contribution in [0.5, 0.6) is 0 Å². The second kappa shape index (κ2) is 7.02. The Morgan fingerprint density at radius 2 is 2.00 bits per heavy atom. The number of ether oxygens (including phenoxy) is 2. The van der Waals surface area contributed by atoms with Crippen LogP contribution in [0.1, 0.15) is 46.5 Å². The lowest BCUT2D eigenvalue weighted by Gasteiger charge is -2.21. The molecule has 0 N–H and O–H groups in total. The van der Waals surface area contributed by atoms with Crippen molar-refractivity contribution in [2.45, 2.75) is 52.7 Å². The Balaban J connectivity index is 2.19. The summed E-state index contributed by atoms with van der Waals surface area (Å²) < 4.78 is 11.0. The Bertz CT molecular complexity index is 191. The third kappa shape index (κ3) is 5.95. The largest absolute Gasteiger partial charge is 0.349 e. The second-order valence-corrected chi connectivity index (χ2v) is 4.76. The molecule has 0 bridgehead atoms. The molecular formula is C13H24O2. The molecule has 1 saturated heterocycles. The average Bonchev–Trinajstić information content (AvgIpc) is 2.18. The molecule has 2 nitrogen and oxygen atoms in total. The highest BCUT2D eigenvalue weighted by Crippen LogP contribution is 2.14. The van der Waals surface area contributed by atoms with Crippen molar-refractivity contribution < 1.29 is 9.47 Å². The summed E-state index contributed by atoms with van der Waals surface area (Å²) in [5, 5.41) is 0. The lowest BCUT2D eigenvalue weighted by atomic mass is 10.0. The highest BCUT2D eigenvalue weighted by molar-refractivity contribution is 5.00. The van der Waals surface area contributed by atoms with Crippen LogP contribution in [0, 0.1) is 5.92 Å². The molecule has 15 heavy (non-hydrogen) atoms. The molecular weight excluding hydrogens is 188 g/mol. The van der Waals surface area contributed by atoms with Gasteiger partial charge in [-0.1, -0.05) is 25.8 Å². The minimum atomic E-state index is -0.0854. The van der Waals surface area contributed by atoms with Gasteiger partial charge in [-0.25, -0.2) is 0 Å². The van der Waals surface area contributed by atoms with E-state index >= 15 is 0 Å². The first-order valence-electron chi connectivity index (χ1n) is 6.09. The lowest BCUT2D eigenvalue weighted by Crippen LogP contribution is -2.22. The van der Waals surface area contributed by atoms with Crippen molar-refractivity contribution in [3.8, 4) is 0 Å². The molecule has 1 fully saturated rings. The molecule has 0 radical (unpaired) electrons. The van der Waals surface area contributed by atoms with E-state index in [0.717, 1.165) is 25.6 Å².